The molecular formula is C28H35NO4. The fraction of sp³-hybridized carbons (Fsp3) is 0.536. The van der Waals surface area contributed by atoms with Crippen molar-refractivity contribution in [2.24, 2.45) is 17.3 Å². The van der Waals surface area contributed by atoms with Gasteiger partial charge in [-0.3, -0.25) is 4.79 Å². The number of nitrogens with one attached hydrogen (secondary N) is 1. The molecule has 33 heavy (non-hydrogen) atoms. The van der Waals surface area contributed by atoms with Crippen LogP contribution in [-0.2, 0) is 5.41 Å². The molecule has 2 atom stereocenters. The van der Waals surface area contributed by atoms with Crippen LogP contribution in [0.25, 0.3) is 0 Å². The van der Waals surface area contributed by atoms with Crippen molar-refractivity contribution in [1.29, 1.82) is 0 Å². The van der Waals surface area contributed by atoms with Gasteiger partial charge in [0.1, 0.15) is 0 Å². The minimum absolute atomic E-state index is 0.0885. The number of methoxy groups -OCH3 is 3. The fourth-order valence-corrected chi connectivity index (χ4v) is 7.49. The predicted octanol–water partition coefficient (Wildman–Crippen LogP) is 5.29. The second-order valence-electron chi connectivity index (χ2n) is 10.7. The van der Waals surface area contributed by atoms with E-state index in [2.05, 4.69) is 36.5 Å². The molecule has 2 aromatic rings. The Morgan fingerprint density at radius 3 is 2.09 bits per heavy atom. The summed E-state index contributed by atoms with van der Waals surface area (Å²) in [5, 5.41) is 3.28. The van der Waals surface area contributed by atoms with Crippen molar-refractivity contribution in [1.82, 2.24) is 5.32 Å². The summed E-state index contributed by atoms with van der Waals surface area (Å²) in [6, 6.07) is 12.7. The summed E-state index contributed by atoms with van der Waals surface area (Å²) in [7, 11) is 4.70. The summed E-state index contributed by atoms with van der Waals surface area (Å²) in [6.07, 6.45) is 7.59. The van der Waals surface area contributed by atoms with E-state index in [-0.39, 0.29) is 16.7 Å². The zero-order valence-corrected chi connectivity index (χ0v) is 20.2. The van der Waals surface area contributed by atoms with Gasteiger partial charge in [-0.1, -0.05) is 29.8 Å². The zero-order valence-electron chi connectivity index (χ0n) is 20.2. The van der Waals surface area contributed by atoms with Gasteiger partial charge in [-0.15, -0.1) is 0 Å². The SMILES string of the molecule is COc1cc(C(=O)NCC23C[C@H]4C[C@H](C2)CC(c2ccc(C)cc2)(C4)C3)cc(OC)c1OC. The van der Waals surface area contributed by atoms with Crippen LogP contribution in [-0.4, -0.2) is 33.8 Å². The molecule has 0 unspecified atom stereocenters. The van der Waals surface area contributed by atoms with Gasteiger partial charge < -0.3 is 19.5 Å². The van der Waals surface area contributed by atoms with Crippen molar-refractivity contribution in [2.45, 2.75) is 50.9 Å². The molecule has 4 aliphatic carbocycles. The van der Waals surface area contributed by atoms with E-state index in [0.717, 1.165) is 18.4 Å². The van der Waals surface area contributed by atoms with Crippen molar-refractivity contribution in [3.8, 4) is 17.2 Å². The molecule has 0 saturated heterocycles. The standard InChI is InChI=1S/C28H35NO4/c1-18-5-7-22(8-6-18)28-14-19-9-20(15-28)13-27(12-19,16-28)17-29-26(30)21-10-23(31-2)25(33-4)24(11-21)32-3/h5-8,10-11,19-20H,9,12-17H2,1-4H3,(H,29,30)/t19-,20-,27?,28?/m1/s1. The summed E-state index contributed by atoms with van der Waals surface area (Å²) in [4.78, 5) is 13.2. The zero-order chi connectivity index (χ0) is 23.2. The summed E-state index contributed by atoms with van der Waals surface area (Å²) in [5.41, 5.74) is 3.81. The van der Waals surface area contributed by atoms with E-state index in [1.807, 2.05) is 0 Å². The van der Waals surface area contributed by atoms with Gasteiger partial charge in [0.2, 0.25) is 5.75 Å². The molecule has 1 N–H and O–H groups in total. The molecule has 4 aliphatic rings. The average molecular weight is 450 g/mol. The van der Waals surface area contributed by atoms with Crippen molar-refractivity contribution in [2.75, 3.05) is 27.9 Å². The van der Waals surface area contributed by atoms with E-state index in [0.29, 0.717) is 22.8 Å². The Hall–Kier alpha value is -2.69. The molecule has 5 nitrogen and oxygen atoms in total. The number of hydrogen-bond acceptors (Lipinski definition) is 4. The molecule has 0 radical (unpaired) electrons. The Kier molecular flexibility index (Phi) is 5.54. The number of ether oxygens (including phenoxy) is 3. The Morgan fingerprint density at radius 1 is 0.939 bits per heavy atom. The van der Waals surface area contributed by atoms with Crippen molar-refractivity contribution in [3.63, 3.8) is 0 Å². The van der Waals surface area contributed by atoms with Gasteiger partial charge in [-0.2, -0.15) is 0 Å². The minimum atomic E-state index is -0.0885. The number of carbonyl (C=O) groups is 1. The number of hydrogen-bond donors (Lipinski definition) is 1. The smallest absolute Gasteiger partial charge is 0.251 e. The molecule has 0 aromatic heterocycles. The van der Waals surface area contributed by atoms with Crippen molar-refractivity contribution >= 4 is 5.91 Å². The van der Waals surface area contributed by atoms with E-state index >= 15 is 0 Å². The Morgan fingerprint density at radius 2 is 1.55 bits per heavy atom. The fourth-order valence-electron chi connectivity index (χ4n) is 7.49. The van der Waals surface area contributed by atoms with Crippen LogP contribution in [0.5, 0.6) is 17.2 Å². The largest absolute Gasteiger partial charge is 0.493 e. The topological polar surface area (TPSA) is 56.8 Å². The second kappa shape index (κ2) is 8.27. The number of benzene rings is 2. The Bertz CT molecular complexity index is 1010. The van der Waals surface area contributed by atoms with Crippen LogP contribution in [0.15, 0.2) is 36.4 Å². The maximum absolute atomic E-state index is 13.2. The third-order valence-electron chi connectivity index (χ3n) is 8.40. The maximum atomic E-state index is 13.2. The molecule has 0 spiro atoms. The average Bonchev–Trinajstić information content (AvgIpc) is 2.81. The first kappa shape index (κ1) is 22.1. The first-order valence-corrected chi connectivity index (χ1v) is 12.0. The van der Waals surface area contributed by atoms with E-state index < -0.39 is 0 Å². The van der Waals surface area contributed by atoms with Crippen LogP contribution in [0.2, 0.25) is 0 Å². The van der Waals surface area contributed by atoms with Gasteiger partial charge in [0.15, 0.2) is 11.5 Å². The monoisotopic (exact) mass is 449 g/mol. The normalized spacial score (nSPS) is 29.6. The summed E-state index contributed by atoms with van der Waals surface area (Å²) in [6.45, 7) is 2.88. The highest BCUT2D eigenvalue weighted by Crippen LogP contribution is 2.65. The number of carbonyl (C=O) groups excluding carboxylic acids is 1. The molecule has 0 aliphatic heterocycles. The van der Waals surface area contributed by atoms with E-state index in [4.69, 9.17) is 14.2 Å². The van der Waals surface area contributed by atoms with E-state index in [9.17, 15) is 4.79 Å². The molecule has 4 fully saturated rings. The van der Waals surface area contributed by atoms with Gasteiger partial charge in [0.05, 0.1) is 21.3 Å². The number of aryl methyl sites for hydroxylation is 1. The maximum Gasteiger partial charge on any atom is 0.251 e. The highest BCUT2D eigenvalue weighted by Gasteiger charge is 2.58. The van der Waals surface area contributed by atoms with Crippen LogP contribution in [0, 0.1) is 24.2 Å². The minimum Gasteiger partial charge on any atom is -0.493 e. The van der Waals surface area contributed by atoms with Gasteiger partial charge in [0, 0.05) is 12.1 Å². The van der Waals surface area contributed by atoms with Crippen LogP contribution in [0.4, 0.5) is 0 Å². The molecule has 2 aromatic carbocycles. The lowest BCUT2D eigenvalue weighted by molar-refractivity contribution is -0.0697. The lowest BCUT2D eigenvalue weighted by Crippen LogP contribution is -2.57. The van der Waals surface area contributed by atoms with Crippen LogP contribution >= 0.6 is 0 Å². The predicted molar refractivity (Wildman–Crippen MR) is 128 cm³/mol. The number of amides is 1. The molecule has 5 heteroatoms. The van der Waals surface area contributed by atoms with E-state index in [1.54, 1.807) is 33.5 Å². The summed E-state index contributed by atoms with van der Waals surface area (Å²) in [5.74, 6) is 2.94. The molecule has 6 rings (SSSR count). The van der Waals surface area contributed by atoms with Crippen molar-refractivity contribution in [3.05, 3.63) is 53.1 Å². The lowest BCUT2D eigenvalue weighted by atomic mass is 9.43. The van der Waals surface area contributed by atoms with Gasteiger partial charge >= 0.3 is 0 Å². The Labute approximate surface area is 196 Å². The number of rotatable bonds is 7. The third-order valence-corrected chi connectivity index (χ3v) is 8.40. The highest BCUT2D eigenvalue weighted by molar-refractivity contribution is 5.95. The summed E-state index contributed by atoms with van der Waals surface area (Å²) >= 11 is 0. The van der Waals surface area contributed by atoms with Gasteiger partial charge in [0.25, 0.3) is 5.91 Å². The van der Waals surface area contributed by atoms with Crippen LogP contribution in [0.3, 0.4) is 0 Å². The molecule has 176 valence electrons. The quantitative estimate of drug-likeness (QED) is 0.624. The first-order valence-electron chi connectivity index (χ1n) is 12.0. The molecule has 0 heterocycles. The first-order chi connectivity index (χ1) is 15.9. The Balaban J connectivity index is 1.37. The second-order valence-corrected chi connectivity index (χ2v) is 10.7. The summed E-state index contributed by atoms with van der Waals surface area (Å²) < 4.78 is 16.3. The molecule has 1 amide bonds. The third kappa shape index (κ3) is 3.85. The van der Waals surface area contributed by atoms with Crippen molar-refractivity contribution < 1.29 is 19.0 Å². The molecule has 4 bridgehead atoms. The lowest BCUT2D eigenvalue weighted by Gasteiger charge is -2.62. The molecular weight excluding hydrogens is 414 g/mol. The van der Waals surface area contributed by atoms with Crippen LogP contribution < -0.4 is 19.5 Å². The van der Waals surface area contributed by atoms with Gasteiger partial charge in [-0.05, 0) is 85.8 Å². The van der Waals surface area contributed by atoms with Crippen LogP contribution in [0.1, 0.15) is 60.0 Å². The van der Waals surface area contributed by atoms with E-state index in [1.165, 1.54) is 49.7 Å². The van der Waals surface area contributed by atoms with Gasteiger partial charge in [-0.25, -0.2) is 0 Å². The molecule has 4 saturated carbocycles. The highest BCUT2D eigenvalue weighted by atomic mass is 16.5.